The number of aliphatic carboxylic acids is 1. The molecule has 0 amide bonds. The smallest absolute Gasteiger partial charge is 0.310 e. The van der Waals surface area contributed by atoms with E-state index in [4.69, 9.17) is 14.6 Å². The van der Waals surface area contributed by atoms with Gasteiger partial charge in [-0.2, -0.15) is 0 Å². The summed E-state index contributed by atoms with van der Waals surface area (Å²) < 4.78 is 10.6. The van der Waals surface area contributed by atoms with Gasteiger partial charge in [0.25, 0.3) is 0 Å². The molecule has 0 bridgehead atoms. The van der Waals surface area contributed by atoms with Gasteiger partial charge < -0.3 is 14.6 Å². The summed E-state index contributed by atoms with van der Waals surface area (Å²) in [6, 6.07) is 7.44. The fourth-order valence-electron chi connectivity index (χ4n) is 2.61. The Balaban J connectivity index is 2.29. The average molecular weight is 278 g/mol. The number of carbonyl (C=O) groups is 2. The summed E-state index contributed by atoms with van der Waals surface area (Å²) in [4.78, 5) is 23.1. The van der Waals surface area contributed by atoms with Crippen LogP contribution in [0.2, 0.25) is 0 Å². The Morgan fingerprint density at radius 2 is 2.20 bits per heavy atom. The van der Waals surface area contributed by atoms with Gasteiger partial charge in [-0.1, -0.05) is 18.2 Å². The van der Waals surface area contributed by atoms with Gasteiger partial charge in [-0.15, -0.1) is 0 Å². The predicted octanol–water partition coefficient (Wildman–Crippen LogP) is 2.21. The molecule has 5 heteroatoms. The molecule has 20 heavy (non-hydrogen) atoms. The molecule has 1 aliphatic rings. The molecule has 2 rings (SSSR count). The third-order valence-corrected chi connectivity index (χ3v) is 3.47. The number of carbonyl (C=O) groups excluding carboxylic acids is 1. The SMILES string of the molecule is CCOC(=O)C(CC(=O)O)C1CCOc2ccccc21. The number of carboxylic acid groups (broad SMARTS) is 1. The highest BCUT2D eigenvalue weighted by Crippen LogP contribution is 2.39. The van der Waals surface area contributed by atoms with Crippen molar-refractivity contribution in [3.8, 4) is 5.75 Å². The minimum atomic E-state index is -0.993. The lowest BCUT2D eigenvalue weighted by atomic mass is 9.80. The second-order valence-corrected chi connectivity index (χ2v) is 4.74. The maximum absolute atomic E-state index is 12.1. The summed E-state index contributed by atoms with van der Waals surface area (Å²) in [5, 5.41) is 9.04. The van der Waals surface area contributed by atoms with E-state index in [2.05, 4.69) is 0 Å². The molecule has 1 aliphatic heterocycles. The number of para-hydroxylation sites is 1. The van der Waals surface area contributed by atoms with E-state index < -0.39 is 17.9 Å². The van der Waals surface area contributed by atoms with E-state index in [0.717, 1.165) is 11.3 Å². The Morgan fingerprint density at radius 1 is 1.45 bits per heavy atom. The van der Waals surface area contributed by atoms with E-state index in [9.17, 15) is 9.59 Å². The normalized spacial score (nSPS) is 18.6. The van der Waals surface area contributed by atoms with Gasteiger partial charge in [-0.25, -0.2) is 0 Å². The molecule has 1 aromatic rings. The lowest BCUT2D eigenvalue weighted by Crippen LogP contribution is -2.30. The quantitative estimate of drug-likeness (QED) is 0.836. The number of hydrogen-bond donors (Lipinski definition) is 1. The molecule has 2 unspecified atom stereocenters. The van der Waals surface area contributed by atoms with Crippen LogP contribution in [0, 0.1) is 5.92 Å². The Hall–Kier alpha value is -2.04. The van der Waals surface area contributed by atoms with Crippen LogP contribution in [0.3, 0.4) is 0 Å². The summed E-state index contributed by atoms with van der Waals surface area (Å²) in [7, 11) is 0. The van der Waals surface area contributed by atoms with Gasteiger partial charge in [0, 0.05) is 5.92 Å². The van der Waals surface area contributed by atoms with Gasteiger partial charge in [0.1, 0.15) is 5.75 Å². The van der Waals surface area contributed by atoms with Gasteiger partial charge in [0.15, 0.2) is 0 Å². The Morgan fingerprint density at radius 3 is 2.90 bits per heavy atom. The third-order valence-electron chi connectivity index (χ3n) is 3.47. The van der Waals surface area contributed by atoms with Crippen LogP contribution in [-0.4, -0.2) is 30.3 Å². The first-order valence-electron chi connectivity index (χ1n) is 6.73. The van der Waals surface area contributed by atoms with Crippen molar-refractivity contribution in [3.63, 3.8) is 0 Å². The zero-order valence-electron chi connectivity index (χ0n) is 11.4. The summed E-state index contributed by atoms with van der Waals surface area (Å²) >= 11 is 0. The van der Waals surface area contributed by atoms with E-state index in [1.807, 2.05) is 24.3 Å². The van der Waals surface area contributed by atoms with Crippen LogP contribution in [0.25, 0.3) is 0 Å². The highest BCUT2D eigenvalue weighted by molar-refractivity contribution is 5.80. The maximum atomic E-state index is 12.1. The Labute approximate surface area is 117 Å². The summed E-state index contributed by atoms with van der Waals surface area (Å²) in [5.74, 6) is -1.56. The number of rotatable bonds is 5. The molecule has 0 fully saturated rings. The van der Waals surface area contributed by atoms with Gasteiger partial charge in [0.05, 0.1) is 25.6 Å². The molecule has 0 spiro atoms. The molecule has 0 aliphatic carbocycles. The topological polar surface area (TPSA) is 72.8 Å². The lowest BCUT2D eigenvalue weighted by molar-refractivity contribution is -0.153. The fraction of sp³-hybridized carbons (Fsp3) is 0.467. The molecular weight excluding hydrogens is 260 g/mol. The number of benzene rings is 1. The van der Waals surface area contributed by atoms with Crippen molar-refractivity contribution in [3.05, 3.63) is 29.8 Å². The average Bonchev–Trinajstić information content (AvgIpc) is 2.44. The molecule has 1 aromatic carbocycles. The minimum absolute atomic E-state index is 0.171. The molecule has 1 heterocycles. The molecule has 0 aromatic heterocycles. The van der Waals surface area contributed by atoms with Crippen LogP contribution in [0.5, 0.6) is 5.75 Å². The summed E-state index contributed by atoms with van der Waals surface area (Å²) in [6.45, 7) is 2.45. The van der Waals surface area contributed by atoms with Crippen LogP contribution in [0.1, 0.15) is 31.2 Å². The van der Waals surface area contributed by atoms with Crippen molar-refractivity contribution in [1.29, 1.82) is 0 Å². The standard InChI is InChI=1S/C15H18O5/c1-2-19-15(18)12(9-14(16)17)10-7-8-20-13-6-4-3-5-11(10)13/h3-6,10,12H,2,7-9H2,1H3,(H,16,17). The second kappa shape index (κ2) is 6.41. The first kappa shape index (κ1) is 14.4. The predicted molar refractivity (Wildman–Crippen MR) is 71.7 cm³/mol. The highest BCUT2D eigenvalue weighted by atomic mass is 16.5. The van der Waals surface area contributed by atoms with E-state index in [0.29, 0.717) is 13.0 Å². The van der Waals surface area contributed by atoms with E-state index in [1.165, 1.54) is 0 Å². The monoisotopic (exact) mass is 278 g/mol. The Bertz CT molecular complexity index is 497. The Kier molecular flexibility index (Phi) is 4.61. The molecular formula is C15H18O5. The summed E-state index contributed by atoms with van der Waals surface area (Å²) in [5.41, 5.74) is 0.887. The van der Waals surface area contributed by atoms with E-state index >= 15 is 0 Å². The van der Waals surface area contributed by atoms with Crippen molar-refractivity contribution >= 4 is 11.9 Å². The number of esters is 1. The molecule has 0 saturated carbocycles. The number of carboxylic acids is 1. The minimum Gasteiger partial charge on any atom is -0.493 e. The second-order valence-electron chi connectivity index (χ2n) is 4.74. The van der Waals surface area contributed by atoms with Crippen molar-refractivity contribution in [2.45, 2.75) is 25.7 Å². The van der Waals surface area contributed by atoms with Crippen LogP contribution in [-0.2, 0) is 14.3 Å². The molecule has 108 valence electrons. The zero-order chi connectivity index (χ0) is 14.5. The molecule has 1 N–H and O–H groups in total. The van der Waals surface area contributed by atoms with Crippen molar-refractivity contribution in [2.75, 3.05) is 13.2 Å². The van der Waals surface area contributed by atoms with Gasteiger partial charge in [0.2, 0.25) is 0 Å². The first-order chi connectivity index (χ1) is 9.63. The van der Waals surface area contributed by atoms with E-state index in [-0.39, 0.29) is 18.9 Å². The molecule has 2 atom stereocenters. The molecule has 0 saturated heterocycles. The lowest BCUT2D eigenvalue weighted by Gasteiger charge is -2.30. The van der Waals surface area contributed by atoms with Crippen LogP contribution in [0.15, 0.2) is 24.3 Å². The number of hydrogen-bond acceptors (Lipinski definition) is 4. The molecule has 0 radical (unpaired) electrons. The largest absolute Gasteiger partial charge is 0.493 e. The number of fused-ring (bicyclic) bond motifs is 1. The van der Waals surface area contributed by atoms with Crippen molar-refractivity contribution < 1.29 is 24.2 Å². The zero-order valence-corrected chi connectivity index (χ0v) is 11.4. The van der Waals surface area contributed by atoms with Crippen LogP contribution in [0.4, 0.5) is 0 Å². The van der Waals surface area contributed by atoms with Crippen LogP contribution < -0.4 is 4.74 Å². The number of ether oxygens (including phenoxy) is 2. The van der Waals surface area contributed by atoms with E-state index in [1.54, 1.807) is 6.92 Å². The summed E-state index contributed by atoms with van der Waals surface area (Å²) in [6.07, 6.45) is 0.394. The van der Waals surface area contributed by atoms with Gasteiger partial charge >= 0.3 is 11.9 Å². The third kappa shape index (κ3) is 3.10. The first-order valence-corrected chi connectivity index (χ1v) is 6.73. The van der Waals surface area contributed by atoms with Gasteiger partial charge in [-0.05, 0) is 25.0 Å². The highest BCUT2D eigenvalue weighted by Gasteiger charge is 2.35. The van der Waals surface area contributed by atoms with Crippen molar-refractivity contribution in [1.82, 2.24) is 0 Å². The van der Waals surface area contributed by atoms with Crippen molar-refractivity contribution in [2.24, 2.45) is 5.92 Å². The van der Waals surface area contributed by atoms with Gasteiger partial charge in [-0.3, -0.25) is 9.59 Å². The molecule has 5 nitrogen and oxygen atoms in total. The maximum Gasteiger partial charge on any atom is 0.310 e. The fourth-order valence-corrected chi connectivity index (χ4v) is 2.61. The van der Waals surface area contributed by atoms with Crippen LogP contribution >= 0.6 is 0 Å².